The van der Waals surface area contributed by atoms with Crippen molar-refractivity contribution in [2.24, 2.45) is 0 Å². The number of piperazine rings is 1. The second-order valence-corrected chi connectivity index (χ2v) is 5.71. The van der Waals surface area contributed by atoms with Crippen LogP contribution in [0, 0.1) is 5.82 Å². The number of benzene rings is 1. The first-order valence-electron chi connectivity index (χ1n) is 6.61. The van der Waals surface area contributed by atoms with Crippen LogP contribution in [0.15, 0.2) is 22.7 Å². The van der Waals surface area contributed by atoms with Crippen molar-refractivity contribution in [1.82, 2.24) is 10.2 Å². The fraction of sp³-hybridized carbons (Fsp3) is 0.571. The van der Waals surface area contributed by atoms with Gasteiger partial charge in [0.2, 0.25) is 0 Å². The molecule has 0 aromatic heterocycles. The largest absolute Gasteiger partial charge is 0.314 e. The predicted molar refractivity (Wildman–Crippen MR) is 90.7 cm³/mol. The molecule has 0 spiro atoms. The number of hydrogen-bond acceptors (Lipinski definition) is 2. The van der Waals surface area contributed by atoms with Crippen LogP contribution in [-0.2, 0) is 0 Å². The smallest absolute Gasteiger partial charge is 0.124 e. The molecule has 0 saturated carbocycles. The van der Waals surface area contributed by atoms with Crippen molar-refractivity contribution < 1.29 is 4.39 Å². The van der Waals surface area contributed by atoms with Crippen molar-refractivity contribution in [3.05, 3.63) is 34.1 Å². The van der Waals surface area contributed by atoms with E-state index in [0.717, 1.165) is 49.1 Å². The van der Waals surface area contributed by atoms with Gasteiger partial charge in [0.05, 0.1) is 0 Å². The molecular weight excluding hydrogens is 366 g/mol. The highest BCUT2D eigenvalue weighted by Crippen LogP contribution is 2.28. The Bertz CT molecular complexity index is 381. The SMILES string of the molecule is CCC[C@H](c1cc(F)cc(Br)c1)N1CCNCC1.Cl.Cl. The minimum absolute atomic E-state index is 0. The van der Waals surface area contributed by atoms with Crippen LogP contribution in [0.3, 0.4) is 0 Å². The summed E-state index contributed by atoms with van der Waals surface area (Å²) in [5, 5.41) is 3.36. The number of nitrogens with zero attached hydrogens (tertiary/aromatic N) is 1. The average molecular weight is 388 g/mol. The van der Waals surface area contributed by atoms with Gasteiger partial charge in [-0.2, -0.15) is 0 Å². The standard InChI is InChI=1S/C14H20BrFN2.2ClH/c1-2-3-14(18-6-4-17-5-7-18)11-8-12(15)10-13(16)9-11;;/h8-10,14,17H,2-7H2,1H3;2*1H/t14-;;/m1../s1. The Balaban J connectivity index is 0.00000180. The van der Waals surface area contributed by atoms with Gasteiger partial charge in [-0.1, -0.05) is 29.3 Å². The zero-order valence-corrected chi connectivity index (χ0v) is 14.8. The third-order valence-electron chi connectivity index (χ3n) is 3.42. The summed E-state index contributed by atoms with van der Waals surface area (Å²) in [4.78, 5) is 2.46. The second-order valence-electron chi connectivity index (χ2n) is 4.79. The van der Waals surface area contributed by atoms with Crippen LogP contribution in [0.1, 0.15) is 31.4 Å². The van der Waals surface area contributed by atoms with E-state index in [1.54, 1.807) is 6.07 Å². The van der Waals surface area contributed by atoms with Crippen LogP contribution in [0.4, 0.5) is 4.39 Å². The van der Waals surface area contributed by atoms with Crippen molar-refractivity contribution in [3.63, 3.8) is 0 Å². The first-order valence-corrected chi connectivity index (χ1v) is 7.40. The number of rotatable bonds is 4. The van der Waals surface area contributed by atoms with Crippen molar-refractivity contribution in [2.45, 2.75) is 25.8 Å². The number of nitrogens with one attached hydrogen (secondary N) is 1. The first-order chi connectivity index (χ1) is 8.70. The van der Waals surface area contributed by atoms with Crippen LogP contribution < -0.4 is 5.32 Å². The molecule has 20 heavy (non-hydrogen) atoms. The zero-order valence-electron chi connectivity index (χ0n) is 11.6. The molecular formula is C14H22BrCl2FN2. The molecule has 1 aromatic carbocycles. The molecule has 1 aliphatic heterocycles. The van der Waals surface area contributed by atoms with Gasteiger partial charge in [-0.25, -0.2) is 4.39 Å². The summed E-state index contributed by atoms with van der Waals surface area (Å²) in [5.74, 6) is -0.157. The summed E-state index contributed by atoms with van der Waals surface area (Å²) >= 11 is 3.39. The molecule has 1 atom stereocenters. The summed E-state index contributed by atoms with van der Waals surface area (Å²) in [5.41, 5.74) is 1.09. The van der Waals surface area contributed by atoms with Gasteiger partial charge in [-0.3, -0.25) is 4.90 Å². The molecule has 1 saturated heterocycles. The van der Waals surface area contributed by atoms with E-state index in [2.05, 4.69) is 33.1 Å². The molecule has 0 bridgehead atoms. The molecule has 0 amide bonds. The van der Waals surface area contributed by atoms with Crippen LogP contribution in [0.2, 0.25) is 0 Å². The first kappa shape index (κ1) is 20.1. The summed E-state index contributed by atoms with van der Waals surface area (Å²) in [6, 6.07) is 5.58. The monoisotopic (exact) mass is 386 g/mol. The van der Waals surface area contributed by atoms with Crippen LogP contribution in [0.25, 0.3) is 0 Å². The van der Waals surface area contributed by atoms with E-state index in [4.69, 9.17) is 0 Å². The van der Waals surface area contributed by atoms with Crippen molar-refractivity contribution >= 4 is 40.7 Å². The Labute approximate surface area is 141 Å². The summed E-state index contributed by atoms with van der Waals surface area (Å²) < 4.78 is 14.4. The Morgan fingerprint density at radius 2 is 1.90 bits per heavy atom. The number of hydrogen-bond donors (Lipinski definition) is 1. The van der Waals surface area contributed by atoms with Gasteiger partial charge in [-0.15, -0.1) is 24.8 Å². The third kappa shape index (κ3) is 5.49. The Morgan fingerprint density at radius 1 is 1.25 bits per heavy atom. The zero-order chi connectivity index (χ0) is 13.0. The van der Waals surface area contributed by atoms with E-state index >= 15 is 0 Å². The van der Waals surface area contributed by atoms with Gasteiger partial charge >= 0.3 is 0 Å². The van der Waals surface area contributed by atoms with Crippen LogP contribution >= 0.6 is 40.7 Å². The average Bonchev–Trinajstić information content (AvgIpc) is 2.36. The molecule has 0 radical (unpaired) electrons. The van der Waals surface area contributed by atoms with E-state index in [1.807, 2.05) is 6.07 Å². The fourth-order valence-corrected chi connectivity index (χ4v) is 3.08. The van der Waals surface area contributed by atoms with Crippen molar-refractivity contribution in [1.29, 1.82) is 0 Å². The highest BCUT2D eigenvalue weighted by Gasteiger charge is 2.22. The Morgan fingerprint density at radius 3 is 2.45 bits per heavy atom. The van der Waals surface area contributed by atoms with Gasteiger partial charge in [0.25, 0.3) is 0 Å². The molecule has 1 heterocycles. The summed E-state index contributed by atoms with van der Waals surface area (Å²) in [6.45, 7) is 6.31. The van der Waals surface area contributed by atoms with E-state index in [-0.39, 0.29) is 30.6 Å². The van der Waals surface area contributed by atoms with E-state index in [1.165, 1.54) is 6.07 Å². The van der Waals surface area contributed by atoms with E-state index < -0.39 is 0 Å². The minimum Gasteiger partial charge on any atom is -0.314 e. The molecule has 2 rings (SSSR count). The van der Waals surface area contributed by atoms with Crippen LogP contribution in [0.5, 0.6) is 0 Å². The molecule has 1 fully saturated rings. The quantitative estimate of drug-likeness (QED) is 0.833. The van der Waals surface area contributed by atoms with Gasteiger partial charge in [-0.05, 0) is 30.2 Å². The summed E-state index contributed by atoms with van der Waals surface area (Å²) in [6.07, 6.45) is 2.19. The van der Waals surface area contributed by atoms with Gasteiger partial charge in [0.1, 0.15) is 5.82 Å². The molecule has 1 aromatic rings. The topological polar surface area (TPSA) is 15.3 Å². The maximum atomic E-state index is 13.5. The lowest BCUT2D eigenvalue weighted by molar-refractivity contribution is 0.164. The molecule has 0 aliphatic carbocycles. The predicted octanol–water partition coefficient (Wildman–Crippen LogP) is 4.18. The minimum atomic E-state index is -0.157. The third-order valence-corrected chi connectivity index (χ3v) is 3.88. The molecule has 1 N–H and O–H groups in total. The second kappa shape index (κ2) is 9.96. The highest BCUT2D eigenvalue weighted by molar-refractivity contribution is 9.10. The normalized spacial score (nSPS) is 16.9. The molecule has 1 aliphatic rings. The van der Waals surface area contributed by atoms with Crippen molar-refractivity contribution in [3.8, 4) is 0 Å². The Kier molecular flexibility index (Phi) is 10.0. The van der Waals surface area contributed by atoms with Crippen LogP contribution in [-0.4, -0.2) is 31.1 Å². The number of halogens is 4. The van der Waals surface area contributed by atoms with Gasteiger partial charge in [0.15, 0.2) is 0 Å². The Hall–Kier alpha value is 0.130. The fourth-order valence-electron chi connectivity index (χ4n) is 2.59. The lowest BCUT2D eigenvalue weighted by Gasteiger charge is -2.35. The van der Waals surface area contributed by atoms with E-state index in [0.29, 0.717) is 6.04 Å². The maximum absolute atomic E-state index is 13.5. The lowest BCUT2D eigenvalue weighted by atomic mass is 10.00. The molecule has 116 valence electrons. The van der Waals surface area contributed by atoms with Gasteiger partial charge < -0.3 is 5.32 Å². The van der Waals surface area contributed by atoms with Gasteiger partial charge in [0, 0.05) is 36.7 Å². The lowest BCUT2D eigenvalue weighted by Crippen LogP contribution is -2.45. The molecule has 6 heteroatoms. The molecule has 2 nitrogen and oxygen atoms in total. The maximum Gasteiger partial charge on any atom is 0.124 e. The molecule has 0 unspecified atom stereocenters. The van der Waals surface area contributed by atoms with Crippen molar-refractivity contribution in [2.75, 3.05) is 26.2 Å². The summed E-state index contributed by atoms with van der Waals surface area (Å²) in [7, 11) is 0. The van der Waals surface area contributed by atoms with E-state index in [9.17, 15) is 4.39 Å². The highest BCUT2D eigenvalue weighted by atomic mass is 79.9.